The van der Waals surface area contributed by atoms with Gasteiger partial charge in [-0.25, -0.2) is 4.98 Å². The van der Waals surface area contributed by atoms with Gasteiger partial charge < -0.3 is 20.7 Å². The van der Waals surface area contributed by atoms with Gasteiger partial charge in [0.05, 0.1) is 11.2 Å². The zero-order valence-corrected chi connectivity index (χ0v) is 24.4. The molecule has 3 N–H and O–H groups in total. The van der Waals surface area contributed by atoms with E-state index in [0.717, 1.165) is 47.5 Å². The van der Waals surface area contributed by atoms with Gasteiger partial charge in [0.2, 0.25) is 11.8 Å². The van der Waals surface area contributed by atoms with Gasteiger partial charge in [0, 0.05) is 29.5 Å². The molecule has 40 heavy (non-hydrogen) atoms. The molecule has 1 aliphatic carbocycles. The fourth-order valence-corrected chi connectivity index (χ4v) is 5.16. The van der Waals surface area contributed by atoms with Crippen molar-refractivity contribution in [3.05, 3.63) is 94.1 Å². The van der Waals surface area contributed by atoms with Crippen molar-refractivity contribution in [1.29, 1.82) is 0 Å². The summed E-state index contributed by atoms with van der Waals surface area (Å²) < 4.78 is 5.92. The Balaban J connectivity index is 1.46. The third kappa shape index (κ3) is 9.52. The summed E-state index contributed by atoms with van der Waals surface area (Å²) in [7, 11) is 0. The van der Waals surface area contributed by atoms with Crippen LogP contribution in [0.25, 0.3) is 0 Å². The van der Waals surface area contributed by atoms with Crippen LogP contribution in [0.15, 0.2) is 77.3 Å². The normalized spacial score (nSPS) is 14.9. The van der Waals surface area contributed by atoms with E-state index in [1.165, 1.54) is 17.8 Å². The maximum atomic E-state index is 13.7. The quantitative estimate of drug-likeness (QED) is 0.279. The summed E-state index contributed by atoms with van der Waals surface area (Å²) in [5, 5.41) is 11.5. The van der Waals surface area contributed by atoms with Gasteiger partial charge in [-0.3, -0.25) is 9.59 Å². The number of aromatic nitrogens is 1. The summed E-state index contributed by atoms with van der Waals surface area (Å²) in [5.74, 6) is 0.325. The van der Waals surface area contributed by atoms with Crippen LogP contribution in [0, 0.1) is 0 Å². The minimum absolute atomic E-state index is 0.212. The largest absolute Gasteiger partial charge is 0.489 e. The van der Waals surface area contributed by atoms with E-state index in [-0.39, 0.29) is 11.8 Å². The van der Waals surface area contributed by atoms with Crippen LogP contribution in [0.5, 0.6) is 5.75 Å². The van der Waals surface area contributed by atoms with Gasteiger partial charge in [0.15, 0.2) is 0 Å². The number of nitrogens with one attached hydrogen (secondary N) is 3. The van der Waals surface area contributed by atoms with Gasteiger partial charge in [-0.1, -0.05) is 48.5 Å². The molecule has 212 valence electrons. The average Bonchev–Trinajstić information content (AvgIpc) is 3.45. The zero-order valence-electron chi connectivity index (χ0n) is 23.6. The van der Waals surface area contributed by atoms with Crippen molar-refractivity contribution in [2.24, 2.45) is 0 Å². The maximum absolute atomic E-state index is 13.7. The van der Waals surface area contributed by atoms with E-state index >= 15 is 0 Å². The molecule has 0 unspecified atom stereocenters. The molecule has 2 atom stereocenters. The molecule has 4 rings (SSSR count). The minimum atomic E-state index is -0.733. The van der Waals surface area contributed by atoms with Crippen molar-refractivity contribution in [3.8, 4) is 5.75 Å². The highest BCUT2D eigenvalue weighted by Gasteiger charge is 2.29. The van der Waals surface area contributed by atoms with Crippen molar-refractivity contribution >= 4 is 23.2 Å². The lowest BCUT2D eigenvalue weighted by Crippen LogP contribution is -2.56. The third-order valence-corrected chi connectivity index (χ3v) is 7.24. The molecular weight excluding hydrogens is 520 g/mol. The van der Waals surface area contributed by atoms with E-state index < -0.39 is 17.6 Å². The molecule has 0 saturated heterocycles. The van der Waals surface area contributed by atoms with Gasteiger partial charge in [-0.2, -0.15) is 0 Å². The second-order valence-electron chi connectivity index (χ2n) is 11.3. The summed E-state index contributed by atoms with van der Waals surface area (Å²) in [4.78, 5) is 31.4. The predicted molar refractivity (Wildman–Crippen MR) is 160 cm³/mol. The lowest BCUT2D eigenvalue weighted by molar-refractivity contribution is -0.130. The molecule has 2 amide bonds. The summed E-state index contributed by atoms with van der Waals surface area (Å²) >= 11 is 1.51. The van der Waals surface area contributed by atoms with Crippen molar-refractivity contribution in [2.45, 2.75) is 83.5 Å². The molecule has 2 aromatic carbocycles. The Morgan fingerprint density at radius 3 is 2.38 bits per heavy atom. The van der Waals surface area contributed by atoms with Crippen LogP contribution >= 0.6 is 11.3 Å². The van der Waals surface area contributed by atoms with E-state index in [9.17, 15) is 9.59 Å². The number of carbonyl (C=O) groups excluding carboxylic acids is 2. The topological polar surface area (TPSA) is 92.4 Å². The number of allylic oxidation sites excluding steroid dienone is 2. The van der Waals surface area contributed by atoms with Crippen molar-refractivity contribution in [3.63, 3.8) is 0 Å². The molecule has 0 fully saturated rings. The maximum Gasteiger partial charge on any atom is 0.243 e. The molecule has 0 saturated carbocycles. The zero-order chi connectivity index (χ0) is 28.4. The molecule has 1 heterocycles. The van der Waals surface area contributed by atoms with E-state index in [2.05, 4.69) is 27.0 Å². The average molecular weight is 561 g/mol. The second kappa shape index (κ2) is 14.1. The fraction of sp³-hybridized carbons (Fsp3) is 0.406. The monoisotopic (exact) mass is 560 g/mol. The van der Waals surface area contributed by atoms with Gasteiger partial charge >= 0.3 is 0 Å². The first-order valence-electron chi connectivity index (χ1n) is 14.0. The van der Waals surface area contributed by atoms with Crippen LogP contribution in [-0.2, 0) is 29.0 Å². The van der Waals surface area contributed by atoms with Gasteiger partial charge in [0.25, 0.3) is 0 Å². The molecule has 0 radical (unpaired) electrons. The van der Waals surface area contributed by atoms with Gasteiger partial charge in [-0.05, 0) is 69.7 Å². The van der Waals surface area contributed by atoms with Crippen LogP contribution in [-0.4, -0.2) is 34.4 Å². The Bertz CT molecular complexity index is 1250. The number of ether oxygens (including phenoxy) is 1. The van der Waals surface area contributed by atoms with E-state index in [1.54, 1.807) is 5.51 Å². The lowest BCUT2D eigenvalue weighted by Gasteiger charge is -2.28. The number of benzene rings is 2. The molecule has 8 heteroatoms. The SMILES string of the molecule is CC(C)(C)NC(=O)[C@@H](Cc1ccc(OCc2ccccc2)cc1)NC(=O)[C@@H](Cc1cscn1)NC1=CCCCC1. The smallest absolute Gasteiger partial charge is 0.243 e. The highest BCUT2D eigenvalue weighted by atomic mass is 32.1. The Hall–Kier alpha value is -3.65. The Morgan fingerprint density at radius 2 is 1.73 bits per heavy atom. The molecular formula is C32H40N4O3S. The summed E-state index contributed by atoms with van der Waals surface area (Å²) in [5.41, 5.74) is 5.31. The summed E-state index contributed by atoms with van der Waals surface area (Å²) in [6.07, 6.45) is 7.19. The first kappa shape index (κ1) is 29.3. The van der Waals surface area contributed by atoms with Gasteiger partial charge in [-0.15, -0.1) is 11.3 Å². The van der Waals surface area contributed by atoms with Crippen LogP contribution in [0.1, 0.15) is 63.3 Å². The van der Waals surface area contributed by atoms with Crippen molar-refractivity contribution in [1.82, 2.24) is 20.9 Å². The van der Waals surface area contributed by atoms with E-state index in [4.69, 9.17) is 4.74 Å². The predicted octanol–water partition coefficient (Wildman–Crippen LogP) is 5.32. The van der Waals surface area contributed by atoms with Crippen molar-refractivity contribution in [2.75, 3.05) is 0 Å². The number of hydrogen-bond donors (Lipinski definition) is 3. The fourth-order valence-electron chi connectivity index (χ4n) is 4.59. The highest BCUT2D eigenvalue weighted by Crippen LogP contribution is 2.18. The van der Waals surface area contributed by atoms with Gasteiger partial charge in [0.1, 0.15) is 24.4 Å². The van der Waals surface area contributed by atoms with Crippen LogP contribution in [0.2, 0.25) is 0 Å². The standard InChI is InChI=1S/C32H40N4O3S/c1-32(2,3)36-31(38)28(18-23-14-16-27(17-15-23)39-20-24-10-6-4-7-11-24)35-30(37)29(19-26-21-40-22-33-26)34-25-12-8-5-9-13-25/h4,6-7,10-12,14-17,21-22,28-29,34H,5,8-9,13,18-20H2,1-3H3,(H,35,37)(H,36,38)/t28-,29-/m1/s1. The molecule has 3 aromatic rings. The summed E-state index contributed by atoms with van der Waals surface area (Å²) in [6, 6.07) is 16.4. The molecule has 1 aliphatic rings. The van der Waals surface area contributed by atoms with Crippen molar-refractivity contribution < 1.29 is 14.3 Å². The van der Waals surface area contributed by atoms with Crippen LogP contribution < -0.4 is 20.7 Å². The number of nitrogens with zero attached hydrogens (tertiary/aromatic N) is 1. The van der Waals surface area contributed by atoms with Crippen LogP contribution in [0.4, 0.5) is 0 Å². The first-order chi connectivity index (χ1) is 19.2. The van der Waals surface area contributed by atoms with Crippen LogP contribution in [0.3, 0.4) is 0 Å². The highest BCUT2D eigenvalue weighted by molar-refractivity contribution is 7.07. The molecule has 7 nitrogen and oxygen atoms in total. The number of hydrogen-bond acceptors (Lipinski definition) is 6. The number of carbonyl (C=O) groups is 2. The number of rotatable bonds is 12. The Morgan fingerprint density at radius 1 is 0.950 bits per heavy atom. The number of thiazole rings is 1. The third-order valence-electron chi connectivity index (χ3n) is 6.61. The Labute approximate surface area is 241 Å². The molecule has 0 spiro atoms. The summed E-state index contributed by atoms with van der Waals surface area (Å²) in [6.45, 7) is 6.29. The molecule has 0 aliphatic heterocycles. The molecule has 1 aromatic heterocycles. The lowest BCUT2D eigenvalue weighted by atomic mass is 10.0. The second-order valence-corrected chi connectivity index (χ2v) is 12.0. The Kier molecular flexibility index (Phi) is 10.4. The first-order valence-corrected chi connectivity index (χ1v) is 14.9. The van der Waals surface area contributed by atoms with E-state index in [0.29, 0.717) is 19.4 Å². The minimum Gasteiger partial charge on any atom is -0.489 e. The molecule has 0 bridgehead atoms. The number of amides is 2. The van der Waals surface area contributed by atoms with E-state index in [1.807, 2.05) is 80.7 Å².